The van der Waals surface area contributed by atoms with Gasteiger partial charge in [-0.3, -0.25) is 19.0 Å². The largest absolute Gasteiger partial charge is 0.339 e. The Balaban J connectivity index is 1.98. The molecule has 0 aliphatic rings. The fourth-order valence-electron chi connectivity index (χ4n) is 3.69. The molecule has 0 radical (unpaired) electrons. The van der Waals surface area contributed by atoms with Crippen LogP contribution in [0.5, 0.6) is 0 Å². The number of carbonyl (C=O) groups is 2. The number of nitrogens with zero attached hydrogens (tertiary/aromatic N) is 3. The number of ketones is 1. The zero-order chi connectivity index (χ0) is 23.8. The number of amides is 1. The number of aromatic nitrogens is 2. The van der Waals surface area contributed by atoms with Crippen molar-refractivity contribution in [2.24, 2.45) is 0 Å². The fraction of sp³-hybridized carbons (Fsp3) is 0.385. The first-order valence-corrected chi connectivity index (χ1v) is 12.5. The molecule has 3 rings (SSSR count). The highest BCUT2D eigenvalue weighted by molar-refractivity contribution is 7.99. The first-order valence-electron chi connectivity index (χ1n) is 11.5. The Bertz CT molecular complexity index is 1170. The number of Topliss-reactive ketones (excluding diaryl/α,β-unsaturated/α-hetero) is 1. The lowest BCUT2D eigenvalue weighted by molar-refractivity contribution is 0.0773. The van der Waals surface area contributed by atoms with Crippen molar-refractivity contribution in [2.45, 2.75) is 51.7 Å². The lowest BCUT2D eigenvalue weighted by atomic mass is 10.1. The second-order valence-corrected chi connectivity index (χ2v) is 8.79. The van der Waals surface area contributed by atoms with Gasteiger partial charge in [-0.1, -0.05) is 61.9 Å². The lowest BCUT2D eigenvalue weighted by Crippen LogP contribution is -2.30. The predicted octanol–water partition coefficient (Wildman–Crippen LogP) is 5.04. The van der Waals surface area contributed by atoms with Gasteiger partial charge in [0, 0.05) is 30.8 Å². The molecule has 1 heterocycles. The number of thioether (sulfide) groups is 1. The van der Waals surface area contributed by atoms with Crippen LogP contribution in [0, 0.1) is 0 Å². The quantitative estimate of drug-likeness (QED) is 0.172. The number of rotatable bonds is 11. The number of benzene rings is 2. The van der Waals surface area contributed by atoms with Crippen molar-refractivity contribution in [3.8, 4) is 0 Å². The zero-order valence-electron chi connectivity index (χ0n) is 19.5. The molecule has 3 aromatic rings. The van der Waals surface area contributed by atoms with Gasteiger partial charge in [0.2, 0.25) is 0 Å². The van der Waals surface area contributed by atoms with Crippen LogP contribution in [0.2, 0.25) is 0 Å². The van der Waals surface area contributed by atoms with Crippen molar-refractivity contribution in [3.05, 3.63) is 70.0 Å². The molecule has 2 aromatic carbocycles. The summed E-state index contributed by atoms with van der Waals surface area (Å²) in [4.78, 5) is 45.2. The van der Waals surface area contributed by atoms with Crippen molar-refractivity contribution >= 4 is 34.4 Å². The van der Waals surface area contributed by atoms with E-state index in [4.69, 9.17) is 4.98 Å². The van der Waals surface area contributed by atoms with Crippen LogP contribution in [-0.2, 0) is 6.54 Å². The Kier molecular flexibility index (Phi) is 8.83. The summed E-state index contributed by atoms with van der Waals surface area (Å²) in [6, 6.07) is 14.2. The summed E-state index contributed by atoms with van der Waals surface area (Å²) in [6.45, 7) is 7.77. The van der Waals surface area contributed by atoms with Gasteiger partial charge in [-0.25, -0.2) is 4.98 Å². The van der Waals surface area contributed by atoms with E-state index in [1.54, 1.807) is 39.8 Å². The average Bonchev–Trinajstić information content (AvgIpc) is 2.85. The Morgan fingerprint density at radius 3 is 2.36 bits per heavy atom. The summed E-state index contributed by atoms with van der Waals surface area (Å²) in [5.41, 5.74) is 1.50. The van der Waals surface area contributed by atoms with E-state index in [1.807, 2.05) is 32.0 Å². The van der Waals surface area contributed by atoms with Crippen molar-refractivity contribution in [2.75, 3.05) is 18.8 Å². The summed E-state index contributed by atoms with van der Waals surface area (Å²) in [5.74, 6) is 0.0955. The molecule has 0 aliphatic heterocycles. The molecule has 0 spiro atoms. The Hall–Kier alpha value is -2.93. The Labute approximate surface area is 199 Å². The van der Waals surface area contributed by atoms with Gasteiger partial charge >= 0.3 is 0 Å². The van der Waals surface area contributed by atoms with E-state index in [-0.39, 0.29) is 23.0 Å². The van der Waals surface area contributed by atoms with Crippen LogP contribution in [0.3, 0.4) is 0 Å². The fourth-order valence-corrected chi connectivity index (χ4v) is 4.61. The molecule has 1 amide bonds. The van der Waals surface area contributed by atoms with Crippen LogP contribution in [-0.4, -0.2) is 45.0 Å². The first-order chi connectivity index (χ1) is 16.0. The van der Waals surface area contributed by atoms with E-state index in [9.17, 15) is 14.4 Å². The highest BCUT2D eigenvalue weighted by Gasteiger charge is 2.17. The van der Waals surface area contributed by atoms with Crippen LogP contribution >= 0.6 is 11.8 Å². The minimum absolute atomic E-state index is 0.0134. The number of hydrogen-bond acceptors (Lipinski definition) is 5. The molecule has 1 aromatic heterocycles. The topological polar surface area (TPSA) is 72.3 Å². The molecule has 0 saturated carbocycles. The van der Waals surface area contributed by atoms with E-state index >= 15 is 0 Å². The highest BCUT2D eigenvalue weighted by atomic mass is 32.2. The summed E-state index contributed by atoms with van der Waals surface area (Å²) in [5, 5.41) is 1.00. The molecule has 0 saturated heterocycles. The number of fused-ring (bicyclic) bond motifs is 1. The van der Waals surface area contributed by atoms with Crippen LogP contribution in [0.4, 0.5) is 0 Å². The number of carbonyl (C=O) groups excluding carboxylic acids is 2. The molecule has 7 heteroatoms. The van der Waals surface area contributed by atoms with Crippen LogP contribution < -0.4 is 5.56 Å². The van der Waals surface area contributed by atoms with Crippen molar-refractivity contribution in [3.63, 3.8) is 0 Å². The van der Waals surface area contributed by atoms with Gasteiger partial charge in [0.25, 0.3) is 11.5 Å². The predicted molar refractivity (Wildman–Crippen MR) is 134 cm³/mol. The SMILES string of the molecule is CCCCCn1c(SCC(=O)c2ccccc2)nc2cc(C(=O)N(CC)CC)ccc2c1=O. The van der Waals surface area contributed by atoms with Gasteiger partial charge in [-0.15, -0.1) is 0 Å². The standard InChI is InChI=1S/C26H31N3O3S/c1-4-7-11-16-29-25(32)21-15-14-20(24(31)28(5-2)6-3)17-22(21)27-26(29)33-18-23(30)19-12-9-8-10-13-19/h8-10,12-15,17H,4-7,11,16,18H2,1-3H3. The van der Waals surface area contributed by atoms with E-state index in [0.29, 0.717) is 46.8 Å². The molecule has 0 atom stereocenters. The van der Waals surface area contributed by atoms with E-state index in [1.165, 1.54) is 11.8 Å². The second-order valence-electron chi connectivity index (χ2n) is 7.85. The van der Waals surface area contributed by atoms with Gasteiger partial charge in [-0.05, 0) is 38.5 Å². The zero-order valence-corrected chi connectivity index (χ0v) is 20.4. The molecule has 174 valence electrons. The van der Waals surface area contributed by atoms with Crippen LogP contribution in [0.15, 0.2) is 58.5 Å². The third kappa shape index (κ3) is 5.90. The molecule has 6 nitrogen and oxygen atoms in total. The minimum atomic E-state index is -0.132. The molecule has 0 aliphatic carbocycles. The van der Waals surface area contributed by atoms with Gasteiger partial charge < -0.3 is 4.90 Å². The first kappa shape index (κ1) is 24.7. The van der Waals surface area contributed by atoms with Crippen molar-refractivity contribution < 1.29 is 9.59 Å². The highest BCUT2D eigenvalue weighted by Crippen LogP contribution is 2.21. The molecule has 0 fully saturated rings. The average molecular weight is 466 g/mol. The molecule has 0 N–H and O–H groups in total. The number of unbranched alkanes of at least 4 members (excludes halogenated alkanes) is 2. The maximum absolute atomic E-state index is 13.3. The summed E-state index contributed by atoms with van der Waals surface area (Å²) < 4.78 is 1.67. The maximum Gasteiger partial charge on any atom is 0.262 e. The molecule has 33 heavy (non-hydrogen) atoms. The number of hydrogen-bond donors (Lipinski definition) is 0. The molecular weight excluding hydrogens is 434 g/mol. The third-order valence-electron chi connectivity index (χ3n) is 5.63. The smallest absolute Gasteiger partial charge is 0.262 e. The minimum Gasteiger partial charge on any atom is -0.339 e. The molecule has 0 unspecified atom stereocenters. The van der Waals surface area contributed by atoms with E-state index < -0.39 is 0 Å². The van der Waals surface area contributed by atoms with E-state index in [0.717, 1.165) is 19.3 Å². The summed E-state index contributed by atoms with van der Waals surface area (Å²) >= 11 is 1.27. The maximum atomic E-state index is 13.3. The van der Waals surface area contributed by atoms with Gasteiger partial charge in [0.15, 0.2) is 10.9 Å². The van der Waals surface area contributed by atoms with Crippen LogP contribution in [0.25, 0.3) is 10.9 Å². The summed E-state index contributed by atoms with van der Waals surface area (Å²) in [6.07, 6.45) is 2.92. The van der Waals surface area contributed by atoms with Gasteiger partial charge in [0.05, 0.1) is 16.7 Å². The lowest BCUT2D eigenvalue weighted by Gasteiger charge is -2.19. The molecular formula is C26H31N3O3S. The third-order valence-corrected chi connectivity index (χ3v) is 6.61. The molecule has 0 bridgehead atoms. The Morgan fingerprint density at radius 1 is 0.970 bits per heavy atom. The summed E-state index contributed by atoms with van der Waals surface area (Å²) in [7, 11) is 0. The van der Waals surface area contributed by atoms with Crippen molar-refractivity contribution in [1.82, 2.24) is 14.5 Å². The van der Waals surface area contributed by atoms with Crippen LogP contribution in [0.1, 0.15) is 60.7 Å². The van der Waals surface area contributed by atoms with Crippen molar-refractivity contribution in [1.29, 1.82) is 0 Å². The normalized spacial score (nSPS) is 11.0. The van der Waals surface area contributed by atoms with Gasteiger partial charge in [0.1, 0.15) is 0 Å². The van der Waals surface area contributed by atoms with E-state index in [2.05, 4.69) is 6.92 Å². The monoisotopic (exact) mass is 465 g/mol. The second kappa shape index (κ2) is 11.8. The Morgan fingerprint density at radius 2 is 1.70 bits per heavy atom. The van der Waals surface area contributed by atoms with Gasteiger partial charge in [-0.2, -0.15) is 0 Å².